The number of fused-ring (bicyclic) bond motifs is 1. The Morgan fingerprint density at radius 2 is 1.97 bits per heavy atom. The third kappa shape index (κ3) is 5.83. The minimum atomic E-state index is -0.819. The van der Waals surface area contributed by atoms with Gasteiger partial charge >= 0.3 is 5.97 Å². The number of nitrogens with one attached hydrogen (secondary N) is 1. The number of aromatic amines is 1. The van der Waals surface area contributed by atoms with Crippen LogP contribution in [0.3, 0.4) is 0 Å². The summed E-state index contributed by atoms with van der Waals surface area (Å²) in [5.41, 5.74) is -0.158. The molecule has 2 N–H and O–H groups in total. The number of carboxylic acid groups (broad SMARTS) is 1. The molecule has 0 saturated carbocycles. The number of halogens is 1. The molecule has 32 heavy (non-hydrogen) atoms. The summed E-state index contributed by atoms with van der Waals surface area (Å²) in [4.78, 5) is 32.4. The Labute approximate surface area is 185 Å². The standard InChI is InChI=1S/C23H30FN3O5/c24-18-11-17(32-14-16-3-7-27(8-4-16)13-21(28)29)12-19-22(18)23(30)26-20(25-19)2-1-15-5-9-31-10-6-15/h11-12,15-16H,1-10,13-14H2,(H,28,29)(H,25,26,30). The van der Waals surface area contributed by atoms with E-state index in [2.05, 4.69) is 9.97 Å². The van der Waals surface area contributed by atoms with Gasteiger partial charge in [-0.05, 0) is 57.0 Å². The number of benzene rings is 1. The molecule has 2 fully saturated rings. The predicted molar refractivity (Wildman–Crippen MR) is 116 cm³/mol. The van der Waals surface area contributed by atoms with Crippen LogP contribution in [-0.2, 0) is 16.0 Å². The Hall–Kier alpha value is -2.52. The van der Waals surface area contributed by atoms with Crippen LogP contribution in [0.1, 0.15) is 37.9 Å². The molecule has 0 aliphatic carbocycles. The Morgan fingerprint density at radius 1 is 1.22 bits per heavy atom. The van der Waals surface area contributed by atoms with Crippen LogP contribution in [0.15, 0.2) is 16.9 Å². The van der Waals surface area contributed by atoms with E-state index in [9.17, 15) is 14.0 Å². The van der Waals surface area contributed by atoms with E-state index in [1.165, 1.54) is 6.07 Å². The zero-order valence-corrected chi connectivity index (χ0v) is 18.1. The third-order valence-corrected chi connectivity index (χ3v) is 6.47. The average molecular weight is 448 g/mol. The summed E-state index contributed by atoms with van der Waals surface area (Å²) in [6.45, 7) is 3.44. The smallest absolute Gasteiger partial charge is 0.317 e. The molecule has 3 heterocycles. The van der Waals surface area contributed by atoms with E-state index in [4.69, 9.17) is 14.6 Å². The highest BCUT2D eigenvalue weighted by atomic mass is 19.1. The van der Waals surface area contributed by atoms with Gasteiger partial charge in [0.15, 0.2) is 0 Å². The van der Waals surface area contributed by atoms with Gasteiger partial charge in [0, 0.05) is 31.8 Å². The second-order valence-corrected chi connectivity index (χ2v) is 8.83. The first-order chi connectivity index (χ1) is 15.5. The lowest BCUT2D eigenvalue weighted by Gasteiger charge is -2.30. The van der Waals surface area contributed by atoms with Gasteiger partial charge in [0.1, 0.15) is 22.8 Å². The lowest BCUT2D eigenvalue weighted by Crippen LogP contribution is -2.38. The maximum absolute atomic E-state index is 14.6. The number of ether oxygens (including phenoxy) is 2. The molecule has 0 spiro atoms. The van der Waals surface area contributed by atoms with Crippen LogP contribution in [0.4, 0.5) is 4.39 Å². The number of aryl methyl sites for hydroxylation is 1. The van der Waals surface area contributed by atoms with E-state index in [0.717, 1.165) is 45.3 Å². The van der Waals surface area contributed by atoms with Crippen molar-refractivity contribution < 1.29 is 23.8 Å². The van der Waals surface area contributed by atoms with E-state index in [0.29, 0.717) is 49.1 Å². The summed E-state index contributed by atoms with van der Waals surface area (Å²) in [7, 11) is 0. The number of aromatic nitrogens is 2. The van der Waals surface area contributed by atoms with Gasteiger partial charge in [-0.2, -0.15) is 0 Å². The summed E-state index contributed by atoms with van der Waals surface area (Å²) < 4.78 is 25.9. The van der Waals surface area contributed by atoms with Gasteiger partial charge < -0.3 is 19.6 Å². The third-order valence-electron chi connectivity index (χ3n) is 6.47. The molecule has 0 atom stereocenters. The monoisotopic (exact) mass is 447 g/mol. The number of piperidine rings is 1. The highest BCUT2D eigenvalue weighted by molar-refractivity contribution is 5.79. The Bertz CT molecular complexity index is 997. The molecule has 9 heteroatoms. The molecule has 1 aromatic heterocycles. The number of carbonyl (C=O) groups is 1. The quantitative estimate of drug-likeness (QED) is 0.641. The molecule has 4 rings (SSSR count). The predicted octanol–water partition coefficient (Wildman–Crippen LogP) is 2.60. The number of aliphatic carboxylic acids is 1. The first kappa shape index (κ1) is 22.7. The number of hydrogen-bond acceptors (Lipinski definition) is 6. The fraction of sp³-hybridized carbons (Fsp3) is 0.609. The van der Waals surface area contributed by atoms with Crippen molar-refractivity contribution in [2.45, 2.75) is 38.5 Å². The zero-order valence-electron chi connectivity index (χ0n) is 18.1. The van der Waals surface area contributed by atoms with Gasteiger partial charge in [-0.25, -0.2) is 9.37 Å². The number of nitrogens with zero attached hydrogens (tertiary/aromatic N) is 2. The highest BCUT2D eigenvalue weighted by Crippen LogP contribution is 2.24. The molecule has 174 valence electrons. The van der Waals surface area contributed by atoms with Crippen molar-refractivity contribution in [3.8, 4) is 5.75 Å². The van der Waals surface area contributed by atoms with Crippen molar-refractivity contribution >= 4 is 16.9 Å². The van der Waals surface area contributed by atoms with Crippen LogP contribution in [0.25, 0.3) is 10.9 Å². The first-order valence-electron chi connectivity index (χ1n) is 11.3. The van der Waals surface area contributed by atoms with Gasteiger partial charge in [-0.1, -0.05) is 0 Å². The summed E-state index contributed by atoms with van der Waals surface area (Å²) in [6.07, 6.45) is 5.24. The zero-order chi connectivity index (χ0) is 22.5. The molecular formula is C23H30FN3O5. The topological polar surface area (TPSA) is 105 Å². The summed E-state index contributed by atoms with van der Waals surface area (Å²) in [5.74, 6) is 0.297. The molecule has 0 radical (unpaired) electrons. The van der Waals surface area contributed by atoms with E-state index in [-0.39, 0.29) is 17.8 Å². The van der Waals surface area contributed by atoms with Crippen LogP contribution in [0.5, 0.6) is 5.75 Å². The SMILES string of the molecule is O=C(O)CN1CCC(COc2cc(F)c3c(=O)[nH]c(CCC4CCOCC4)nc3c2)CC1. The number of hydrogen-bond donors (Lipinski definition) is 2. The van der Waals surface area contributed by atoms with E-state index in [1.807, 2.05) is 4.90 Å². The fourth-order valence-electron chi connectivity index (χ4n) is 4.54. The fourth-order valence-corrected chi connectivity index (χ4v) is 4.54. The molecule has 1 aromatic carbocycles. The van der Waals surface area contributed by atoms with E-state index < -0.39 is 17.3 Å². The minimum Gasteiger partial charge on any atom is -0.493 e. The lowest BCUT2D eigenvalue weighted by molar-refractivity contribution is -0.138. The molecule has 2 aliphatic rings. The molecule has 2 aliphatic heterocycles. The van der Waals surface area contributed by atoms with Gasteiger partial charge in [0.05, 0.1) is 18.7 Å². The van der Waals surface area contributed by atoms with Gasteiger partial charge in [0.25, 0.3) is 5.56 Å². The molecule has 8 nitrogen and oxygen atoms in total. The normalized spacial score (nSPS) is 18.8. The van der Waals surface area contributed by atoms with Crippen molar-refractivity contribution in [2.24, 2.45) is 11.8 Å². The van der Waals surface area contributed by atoms with Crippen molar-refractivity contribution in [1.29, 1.82) is 0 Å². The Balaban J connectivity index is 1.39. The number of carboxylic acids is 1. The van der Waals surface area contributed by atoms with E-state index in [1.54, 1.807) is 6.07 Å². The lowest BCUT2D eigenvalue weighted by atomic mass is 9.95. The highest BCUT2D eigenvalue weighted by Gasteiger charge is 2.22. The van der Waals surface area contributed by atoms with Crippen molar-refractivity contribution in [3.05, 3.63) is 34.1 Å². The number of likely N-dealkylation sites (tertiary alicyclic amines) is 1. The molecule has 2 aromatic rings. The maximum atomic E-state index is 14.6. The van der Waals surface area contributed by atoms with E-state index >= 15 is 0 Å². The van der Waals surface area contributed by atoms with Gasteiger partial charge in [-0.15, -0.1) is 0 Å². The van der Waals surface area contributed by atoms with Gasteiger partial charge in [-0.3, -0.25) is 14.5 Å². The largest absolute Gasteiger partial charge is 0.493 e. The summed E-state index contributed by atoms with van der Waals surface area (Å²) >= 11 is 0. The second-order valence-electron chi connectivity index (χ2n) is 8.83. The average Bonchev–Trinajstić information content (AvgIpc) is 2.77. The van der Waals surface area contributed by atoms with Crippen LogP contribution >= 0.6 is 0 Å². The van der Waals surface area contributed by atoms with Crippen molar-refractivity contribution in [1.82, 2.24) is 14.9 Å². The summed E-state index contributed by atoms with van der Waals surface area (Å²) in [6, 6.07) is 2.87. The summed E-state index contributed by atoms with van der Waals surface area (Å²) in [5, 5.41) is 8.85. The molecular weight excluding hydrogens is 417 g/mol. The number of H-pyrrole nitrogens is 1. The minimum absolute atomic E-state index is 0.0471. The maximum Gasteiger partial charge on any atom is 0.317 e. The first-order valence-corrected chi connectivity index (χ1v) is 11.3. The molecule has 2 saturated heterocycles. The number of rotatable bonds is 8. The van der Waals surface area contributed by atoms with Crippen molar-refractivity contribution in [3.63, 3.8) is 0 Å². The van der Waals surface area contributed by atoms with Crippen LogP contribution < -0.4 is 10.3 Å². The Kier molecular flexibility index (Phi) is 7.36. The molecule has 0 unspecified atom stereocenters. The van der Waals surface area contributed by atoms with Crippen molar-refractivity contribution in [2.75, 3.05) is 39.5 Å². The molecule has 0 amide bonds. The van der Waals surface area contributed by atoms with Crippen LogP contribution in [0, 0.1) is 17.7 Å². The van der Waals surface area contributed by atoms with Gasteiger partial charge in [0.2, 0.25) is 0 Å². The van der Waals surface area contributed by atoms with Crippen LogP contribution in [0.2, 0.25) is 0 Å². The van der Waals surface area contributed by atoms with Crippen LogP contribution in [-0.4, -0.2) is 65.4 Å². The second kappa shape index (κ2) is 10.4. The Morgan fingerprint density at radius 3 is 2.69 bits per heavy atom. The molecule has 0 bridgehead atoms.